The average molecular weight is 260 g/mol. The number of aromatic nitrogens is 1. The predicted molar refractivity (Wildman–Crippen MR) is 71.6 cm³/mol. The Hall–Kier alpha value is -1.42. The zero-order chi connectivity index (χ0) is 13.1. The maximum Gasteiger partial charge on any atom is 0.222 e. The maximum atomic E-state index is 12.0. The molecule has 1 amide bonds. The molecule has 2 fully saturated rings. The number of ether oxygens (including phenoxy) is 1. The van der Waals surface area contributed by atoms with Gasteiger partial charge in [0.15, 0.2) is 0 Å². The van der Waals surface area contributed by atoms with Crippen molar-refractivity contribution in [2.24, 2.45) is 5.41 Å². The monoisotopic (exact) mass is 260 g/mol. The number of piperidine rings is 1. The highest BCUT2D eigenvalue weighted by Crippen LogP contribution is 2.37. The van der Waals surface area contributed by atoms with Crippen molar-refractivity contribution >= 4 is 5.91 Å². The zero-order valence-electron chi connectivity index (χ0n) is 11.2. The van der Waals surface area contributed by atoms with Gasteiger partial charge in [-0.3, -0.25) is 9.78 Å². The molecule has 1 aromatic rings. The number of hydrogen-bond donors (Lipinski definition) is 0. The Morgan fingerprint density at radius 3 is 3.05 bits per heavy atom. The van der Waals surface area contributed by atoms with Gasteiger partial charge in [0.2, 0.25) is 5.91 Å². The van der Waals surface area contributed by atoms with Gasteiger partial charge >= 0.3 is 0 Å². The summed E-state index contributed by atoms with van der Waals surface area (Å²) in [4.78, 5) is 18.3. The highest BCUT2D eigenvalue weighted by molar-refractivity contribution is 5.77. The number of likely N-dealkylation sites (tertiary alicyclic amines) is 1. The van der Waals surface area contributed by atoms with Crippen molar-refractivity contribution in [3.8, 4) is 0 Å². The van der Waals surface area contributed by atoms with Crippen LogP contribution in [0.1, 0.15) is 25.0 Å². The van der Waals surface area contributed by atoms with Crippen LogP contribution >= 0.6 is 0 Å². The summed E-state index contributed by atoms with van der Waals surface area (Å²) in [7, 11) is 0. The van der Waals surface area contributed by atoms with Crippen LogP contribution in [0.2, 0.25) is 0 Å². The molecule has 0 radical (unpaired) electrons. The van der Waals surface area contributed by atoms with Crippen molar-refractivity contribution in [3.05, 3.63) is 30.1 Å². The van der Waals surface area contributed by atoms with Crippen molar-refractivity contribution in [2.75, 3.05) is 26.3 Å². The number of carbonyl (C=O) groups excluding carboxylic acids is 1. The second-order valence-corrected chi connectivity index (χ2v) is 5.69. The molecule has 0 N–H and O–H groups in total. The van der Waals surface area contributed by atoms with E-state index < -0.39 is 0 Å². The molecule has 1 aromatic heterocycles. The lowest BCUT2D eigenvalue weighted by atomic mass is 9.79. The van der Waals surface area contributed by atoms with Crippen molar-refractivity contribution in [3.63, 3.8) is 0 Å². The lowest BCUT2D eigenvalue weighted by Gasteiger charge is -2.39. The minimum atomic E-state index is 0.234. The number of rotatable bonds is 3. The molecule has 4 nitrogen and oxygen atoms in total. The summed E-state index contributed by atoms with van der Waals surface area (Å²) in [5.74, 6) is 0.286. The molecule has 3 heterocycles. The molecule has 3 rings (SSSR count). The highest BCUT2D eigenvalue weighted by atomic mass is 16.5. The number of amides is 1. The Labute approximate surface area is 113 Å². The van der Waals surface area contributed by atoms with Crippen LogP contribution in [0.15, 0.2) is 24.4 Å². The lowest BCUT2D eigenvalue weighted by Crippen LogP contribution is -2.47. The first-order valence-corrected chi connectivity index (χ1v) is 7.03. The Morgan fingerprint density at radius 2 is 2.32 bits per heavy atom. The molecule has 1 spiro atoms. The molecule has 2 saturated heterocycles. The van der Waals surface area contributed by atoms with Gasteiger partial charge in [0, 0.05) is 49.8 Å². The van der Waals surface area contributed by atoms with E-state index in [0.717, 1.165) is 51.3 Å². The van der Waals surface area contributed by atoms with E-state index >= 15 is 0 Å². The maximum absolute atomic E-state index is 12.0. The first kappa shape index (κ1) is 12.6. The van der Waals surface area contributed by atoms with E-state index in [1.54, 1.807) is 6.20 Å². The molecule has 0 unspecified atom stereocenters. The van der Waals surface area contributed by atoms with Crippen LogP contribution in [0.3, 0.4) is 0 Å². The van der Waals surface area contributed by atoms with E-state index in [1.807, 2.05) is 23.1 Å². The van der Waals surface area contributed by atoms with Crippen LogP contribution in [0.25, 0.3) is 0 Å². The highest BCUT2D eigenvalue weighted by Gasteiger charge is 2.41. The van der Waals surface area contributed by atoms with Crippen LogP contribution in [0.4, 0.5) is 0 Å². The molecular formula is C15H20N2O2. The number of nitrogens with zero attached hydrogens (tertiary/aromatic N) is 2. The standard InChI is InChI=1S/C15H20N2O2/c18-14-4-6-15(7-10-19-12-15)11-17(14)9-5-13-3-1-2-8-16-13/h1-3,8H,4-7,9-12H2/t15-/m0/s1. The zero-order valence-corrected chi connectivity index (χ0v) is 11.2. The van der Waals surface area contributed by atoms with E-state index in [-0.39, 0.29) is 11.3 Å². The van der Waals surface area contributed by atoms with Crippen molar-refractivity contribution in [1.82, 2.24) is 9.88 Å². The predicted octanol–water partition coefficient (Wildman–Crippen LogP) is 1.65. The second-order valence-electron chi connectivity index (χ2n) is 5.69. The van der Waals surface area contributed by atoms with Crippen LogP contribution < -0.4 is 0 Å². The summed E-state index contributed by atoms with van der Waals surface area (Å²) in [6.45, 7) is 3.30. The molecule has 19 heavy (non-hydrogen) atoms. The smallest absolute Gasteiger partial charge is 0.222 e. The Morgan fingerprint density at radius 1 is 1.37 bits per heavy atom. The summed E-state index contributed by atoms with van der Waals surface area (Å²) in [6.07, 6.45) is 5.40. The van der Waals surface area contributed by atoms with Crippen LogP contribution in [-0.4, -0.2) is 42.1 Å². The third kappa shape index (κ3) is 2.78. The molecule has 0 aromatic carbocycles. The third-order valence-corrected chi connectivity index (χ3v) is 4.30. The summed E-state index contributed by atoms with van der Waals surface area (Å²) in [5, 5.41) is 0. The van der Waals surface area contributed by atoms with Gasteiger partial charge in [-0.05, 0) is 25.0 Å². The Kier molecular flexibility index (Phi) is 3.51. The molecule has 2 aliphatic heterocycles. The SMILES string of the molecule is O=C1CC[C@]2(CCOC2)CN1CCc1ccccn1. The van der Waals surface area contributed by atoms with E-state index in [2.05, 4.69) is 4.98 Å². The second kappa shape index (κ2) is 5.29. The minimum absolute atomic E-state index is 0.234. The number of carbonyl (C=O) groups is 1. The summed E-state index contributed by atoms with van der Waals surface area (Å²) in [6, 6.07) is 5.93. The van der Waals surface area contributed by atoms with Gasteiger partial charge in [0.05, 0.1) is 6.61 Å². The summed E-state index contributed by atoms with van der Waals surface area (Å²) in [5.41, 5.74) is 1.29. The number of hydrogen-bond acceptors (Lipinski definition) is 3. The molecule has 0 aliphatic carbocycles. The van der Waals surface area contributed by atoms with Crippen molar-refractivity contribution in [1.29, 1.82) is 0 Å². The van der Waals surface area contributed by atoms with Gasteiger partial charge in [0.25, 0.3) is 0 Å². The van der Waals surface area contributed by atoms with Gasteiger partial charge < -0.3 is 9.64 Å². The summed E-state index contributed by atoms with van der Waals surface area (Å²) >= 11 is 0. The summed E-state index contributed by atoms with van der Waals surface area (Å²) < 4.78 is 5.53. The molecule has 2 aliphatic rings. The van der Waals surface area contributed by atoms with Gasteiger partial charge in [-0.1, -0.05) is 6.07 Å². The average Bonchev–Trinajstić information content (AvgIpc) is 2.90. The molecule has 1 atom stereocenters. The van der Waals surface area contributed by atoms with E-state index in [9.17, 15) is 4.79 Å². The number of pyridine rings is 1. The normalized spacial score (nSPS) is 27.2. The fourth-order valence-electron chi connectivity index (χ4n) is 3.07. The van der Waals surface area contributed by atoms with E-state index in [0.29, 0.717) is 6.42 Å². The van der Waals surface area contributed by atoms with Gasteiger partial charge in [-0.25, -0.2) is 0 Å². The van der Waals surface area contributed by atoms with E-state index in [1.165, 1.54) is 0 Å². The first-order chi connectivity index (χ1) is 9.27. The quantitative estimate of drug-likeness (QED) is 0.830. The fraction of sp³-hybridized carbons (Fsp3) is 0.600. The van der Waals surface area contributed by atoms with Gasteiger partial charge in [-0.15, -0.1) is 0 Å². The topological polar surface area (TPSA) is 42.4 Å². The Balaban J connectivity index is 1.61. The molecule has 102 valence electrons. The Bertz CT molecular complexity index is 441. The van der Waals surface area contributed by atoms with Gasteiger partial charge in [-0.2, -0.15) is 0 Å². The molecule has 4 heteroatoms. The molecule has 0 saturated carbocycles. The van der Waals surface area contributed by atoms with Crippen molar-refractivity contribution < 1.29 is 9.53 Å². The van der Waals surface area contributed by atoms with E-state index in [4.69, 9.17) is 4.74 Å². The third-order valence-electron chi connectivity index (χ3n) is 4.30. The van der Waals surface area contributed by atoms with Crippen LogP contribution in [0, 0.1) is 5.41 Å². The largest absolute Gasteiger partial charge is 0.381 e. The minimum Gasteiger partial charge on any atom is -0.381 e. The van der Waals surface area contributed by atoms with Crippen LogP contribution in [0.5, 0.6) is 0 Å². The van der Waals surface area contributed by atoms with Crippen LogP contribution in [-0.2, 0) is 16.0 Å². The fourth-order valence-corrected chi connectivity index (χ4v) is 3.07. The molecule has 0 bridgehead atoms. The first-order valence-electron chi connectivity index (χ1n) is 7.03. The van der Waals surface area contributed by atoms with Crippen molar-refractivity contribution in [2.45, 2.75) is 25.7 Å². The molecular weight excluding hydrogens is 240 g/mol. The van der Waals surface area contributed by atoms with Gasteiger partial charge in [0.1, 0.15) is 0 Å². The lowest BCUT2D eigenvalue weighted by molar-refractivity contribution is -0.137.